The van der Waals surface area contributed by atoms with Gasteiger partial charge in [-0.25, -0.2) is 4.79 Å². The first-order valence-electron chi connectivity index (χ1n) is 6.31. The lowest BCUT2D eigenvalue weighted by Gasteiger charge is -2.20. The lowest BCUT2D eigenvalue weighted by Crippen LogP contribution is -2.41. The number of rotatable bonds is 4. The predicted octanol–water partition coefficient (Wildman–Crippen LogP) is 2.14. The highest BCUT2D eigenvalue weighted by Crippen LogP contribution is 2.25. The van der Waals surface area contributed by atoms with E-state index in [0.29, 0.717) is 19.4 Å². The smallest absolute Gasteiger partial charge is 0.317 e. The van der Waals surface area contributed by atoms with Crippen molar-refractivity contribution in [2.45, 2.75) is 31.8 Å². The first kappa shape index (κ1) is 13.9. The average molecular weight is 282 g/mol. The molecule has 2 amide bonds. The van der Waals surface area contributed by atoms with E-state index in [1.807, 2.05) is 16.8 Å². The molecule has 2 N–H and O–H groups in total. The van der Waals surface area contributed by atoms with Gasteiger partial charge in [-0.3, -0.25) is 4.79 Å². The second-order valence-electron chi connectivity index (χ2n) is 4.98. The summed E-state index contributed by atoms with van der Waals surface area (Å²) in [5.74, 6) is -1.07. The molecule has 1 aliphatic carbocycles. The van der Waals surface area contributed by atoms with Crippen LogP contribution in [0.15, 0.2) is 16.8 Å². The number of urea groups is 1. The summed E-state index contributed by atoms with van der Waals surface area (Å²) in [6.45, 7) is 0.574. The molecule has 0 radical (unpaired) electrons. The van der Waals surface area contributed by atoms with Crippen LogP contribution in [-0.2, 0) is 11.3 Å². The van der Waals surface area contributed by atoms with Gasteiger partial charge in [-0.05, 0) is 41.7 Å². The van der Waals surface area contributed by atoms with E-state index in [9.17, 15) is 9.59 Å². The van der Waals surface area contributed by atoms with E-state index >= 15 is 0 Å². The van der Waals surface area contributed by atoms with Gasteiger partial charge in [-0.15, -0.1) is 0 Å². The van der Waals surface area contributed by atoms with E-state index in [1.54, 1.807) is 23.3 Å². The third kappa shape index (κ3) is 3.70. The minimum atomic E-state index is -0.761. The Morgan fingerprint density at radius 1 is 1.53 bits per heavy atom. The Hall–Kier alpha value is -1.56. The Morgan fingerprint density at radius 3 is 2.89 bits per heavy atom. The third-order valence-electron chi connectivity index (χ3n) is 3.46. The zero-order valence-corrected chi connectivity index (χ0v) is 11.7. The maximum atomic E-state index is 12.0. The minimum absolute atomic E-state index is 0.0153. The number of hydrogen-bond acceptors (Lipinski definition) is 3. The van der Waals surface area contributed by atoms with Crippen molar-refractivity contribution < 1.29 is 14.7 Å². The molecule has 104 valence electrons. The highest BCUT2D eigenvalue weighted by Gasteiger charge is 2.30. The number of carbonyl (C=O) groups excluding carboxylic acids is 1. The molecular formula is C13H18N2O3S. The van der Waals surface area contributed by atoms with E-state index in [1.165, 1.54) is 0 Å². The standard InChI is InChI=1S/C13H18N2O3S/c1-15(7-9-4-5-19-8-9)13(18)14-11-3-2-10(6-11)12(16)17/h4-5,8,10-11H,2-3,6-7H2,1H3,(H,14,18)(H,16,17). The van der Waals surface area contributed by atoms with Crippen LogP contribution >= 0.6 is 11.3 Å². The van der Waals surface area contributed by atoms with Gasteiger partial charge in [-0.2, -0.15) is 11.3 Å². The molecule has 0 saturated heterocycles. The molecule has 5 nitrogen and oxygen atoms in total. The molecule has 1 saturated carbocycles. The van der Waals surface area contributed by atoms with Crippen LogP contribution in [0.5, 0.6) is 0 Å². The number of thiophene rings is 1. The Morgan fingerprint density at radius 2 is 2.32 bits per heavy atom. The van der Waals surface area contributed by atoms with Crippen molar-refractivity contribution in [3.63, 3.8) is 0 Å². The number of carboxylic acid groups (broad SMARTS) is 1. The van der Waals surface area contributed by atoms with Gasteiger partial charge in [-0.1, -0.05) is 0 Å². The Labute approximate surface area is 116 Å². The summed E-state index contributed by atoms with van der Waals surface area (Å²) in [7, 11) is 1.75. The Balaban J connectivity index is 1.79. The lowest BCUT2D eigenvalue weighted by molar-refractivity contribution is -0.141. The fraction of sp³-hybridized carbons (Fsp3) is 0.538. The molecule has 0 spiro atoms. The van der Waals surface area contributed by atoms with Crippen molar-refractivity contribution in [1.82, 2.24) is 10.2 Å². The Bertz CT molecular complexity index is 447. The predicted molar refractivity (Wildman–Crippen MR) is 73.1 cm³/mol. The summed E-state index contributed by atoms with van der Waals surface area (Å²) in [6, 6.07) is 1.84. The van der Waals surface area contributed by atoms with Gasteiger partial charge in [0.2, 0.25) is 0 Å². The van der Waals surface area contributed by atoms with E-state index in [0.717, 1.165) is 12.0 Å². The molecule has 1 aromatic rings. The summed E-state index contributed by atoms with van der Waals surface area (Å²) >= 11 is 1.61. The number of carbonyl (C=O) groups is 2. The van der Waals surface area contributed by atoms with Crippen LogP contribution < -0.4 is 5.32 Å². The monoisotopic (exact) mass is 282 g/mol. The molecule has 1 heterocycles. The number of aliphatic carboxylic acids is 1. The van der Waals surface area contributed by atoms with Crippen molar-refractivity contribution in [2.75, 3.05) is 7.05 Å². The summed E-state index contributed by atoms with van der Waals surface area (Å²) in [5.41, 5.74) is 1.11. The van der Waals surface area contributed by atoms with Gasteiger partial charge < -0.3 is 15.3 Å². The molecule has 2 atom stereocenters. The highest BCUT2D eigenvalue weighted by atomic mass is 32.1. The van der Waals surface area contributed by atoms with Crippen LogP contribution in [0, 0.1) is 5.92 Å². The number of carboxylic acids is 1. The van der Waals surface area contributed by atoms with Crippen LogP contribution in [0.25, 0.3) is 0 Å². The molecule has 0 aliphatic heterocycles. The largest absolute Gasteiger partial charge is 0.481 e. The van der Waals surface area contributed by atoms with Crippen molar-refractivity contribution in [1.29, 1.82) is 0 Å². The van der Waals surface area contributed by atoms with Crippen LogP contribution in [0.1, 0.15) is 24.8 Å². The summed E-state index contributed by atoms with van der Waals surface area (Å²) in [4.78, 5) is 24.5. The van der Waals surface area contributed by atoms with Gasteiger partial charge >= 0.3 is 12.0 Å². The van der Waals surface area contributed by atoms with Crippen LogP contribution in [0.3, 0.4) is 0 Å². The molecule has 2 unspecified atom stereocenters. The maximum Gasteiger partial charge on any atom is 0.317 e. The average Bonchev–Trinajstić information content (AvgIpc) is 2.99. The number of hydrogen-bond donors (Lipinski definition) is 2. The minimum Gasteiger partial charge on any atom is -0.481 e. The third-order valence-corrected chi connectivity index (χ3v) is 4.19. The normalized spacial score (nSPS) is 22.2. The number of nitrogens with one attached hydrogen (secondary N) is 1. The van der Waals surface area contributed by atoms with E-state index in [2.05, 4.69) is 5.32 Å². The van der Waals surface area contributed by atoms with Gasteiger partial charge in [0.25, 0.3) is 0 Å². The summed E-state index contributed by atoms with van der Waals surface area (Å²) in [6.07, 6.45) is 1.93. The van der Waals surface area contributed by atoms with Crippen molar-refractivity contribution in [3.8, 4) is 0 Å². The molecule has 19 heavy (non-hydrogen) atoms. The first-order chi connectivity index (χ1) is 9.06. The second kappa shape index (κ2) is 6.06. The van der Waals surface area contributed by atoms with Crippen molar-refractivity contribution in [3.05, 3.63) is 22.4 Å². The van der Waals surface area contributed by atoms with Gasteiger partial charge in [0.1, 0.15) is 0 Å². The maximum absolute atomic E-state index is 12.0. The summed E-state index contributed by atoms with van der Waals surface area (Å²) < 4.78 is 0. The Kier molecular flexibility index (Phi) is 4.42. The molecule has 0 aromatic carbocycles. The highest BCUT2D eigenvalue weighted by molar-refractivity contribution is 7.07. The van der Waals surface area contributed by atoms with E-state index < -0.39 is 5.97 Å². The van der Waals surface area contributed by atoms with Gasteiger partial charge in [0.15, 0.2) is 0 Å². The number of nitrogens with zero attached hydrogens (tertiary/aromatic N) is 1. The fourth-order valence-electron chi connectivity index (χ4n) is 2.35. The molecule has 1 fully saturated rings. The van der Waals surface area contributed by atoms with Crippen LogP contribution in [0.4, 0.5) is 4.79 Å². The fourth-order valence-corrected chi connectivity index (χ4v) is 3.01. The lowest BCUT2D eigenvalue weighted by atomic mass is 10.1. The molecule has 0 bridgehead atoms. The molecule has 6 heteroatoms. The number of amides is 2. The quantitative estimate of drug-likeness (QED) is 0.889. The summed E-state index contributed by atoms with van der Waals surface area (Å²) in [5, 5.41) is 15.8. The van der Waals surface area contributed by atoms with Crippen molar-refractivity contribution >= 4 is 23.3 Å². The van der Waals surface area contributed by atoms with Crippen LogP contribution in [0.2, 0.25) is 0 Å². The SMILES string of the molecule is CN(Cc1ccsc1)C(=O)NC1CCC(C(=O)O)C1. The first-order valence-corrected chi connectivity index (χ1v) is 7.26. The van der Waals surface area contributed by atoms with E-state index in [-0.39, 0.29) is 18.0 Å². The topological polar surface area (TPSA) is 69.6 Å². The zero-order chi connectivity index (χ0) is 13.8. The molecular weight excluding hydrogens is 264 g/mol. The van der Waals surface area contributed by atoms with Crippen LogP contribution in [-0.4, -0.2) is 35.1 Å². The van der Waals surface area contributed by atoms with E-state index in [4.69, 9.17) is 5.11 Å². The van der Waals surface area contributed by atoms with Gasteiger partial charge in [0, 0.05) is 19.6 Å². The second-order valence-corrected chi connectivity index (χ2v) is 5.76. The molecule has 1 aromatic heterocycles. The molecule has 1 aliphatic rings. The molecule has 2 rings (SSSR count). The zero-order valence-electron chi connectivity index (χ0n) is 10.8. The van der Waals surface area contributed by atoms with Crippen molar-refractivity contribution in [2.24, 2.45) is 5.92 Å². The van der Waals surface area contributed by atoms with Gasteiger partial charge in [0.05, 0.1) is 5.92 Å².